The van der Waals surface area contributed by atoms with E-state index >= 15 is 0 Å². The number of carbonyl (C=O) groups excluding carboxylic acids is 1. The second-order valence-electron chi connectivity index (χ2n) is 6.31. The predicted molar refractivity (Wildman–Crippen MR) is 106 cm³/mol. The molecule has 1 N–H and O–H groups in total. The normalized spacial score (nSPS) is 11.0. The standard InChI is InChI=1S/C22H19F3N2O2/c1-27(18-10-6-3-7-11-18)20-13-12-17(22(23,24)25)14-19(20)26-21(28)29-15-16-8-4-2-5-9-16/h2-14H,15H2,1H3,(H,26,28). The first-order valence-corrected chi connectivity index (χ1v) is 8.82. The lowest BCUT2D eigenvalue weighted by Crippen LogP contribution is -2.18. The Kier molecular flexibility index (Phi) is 6.07. The largest absolute Gasteiger partial charge is 0.444 e. The van der Waals surface area contributed by atoms with E-state index in [1.54, 1.807) is 36.2 Å². The van der Waals surface area contributed by atoms with E-state index in [2.05, 4.69) is 5.32 Å². The minimum atomic E-state index is -4.53. The molecule has 0 aliphatic carbocycles. The number of benzene rings is 3. The predicted octanol–water partition coefficient (Wildman–Crippen LogP) is 6.22. The van der Waals surface area contributed by atoms with Gasteiger partial charge in [-0.1, -0.05) is 48.5 Å². The molecule has 0 saturated heterocycles. The van der Waals surface area contributed by atoms with Crippen molar-refractivity contribution < 1.29 is 22.7 Å². The first kappa shape index (κ1) is 20.3. The molecule has 0 bridgehead atoms. The maximum Gasteiger partial charge on any atom is 0.416 e. The highest BCUT2D eigenvalue weighted by molar-refractivity contribution is 5.91. The third kappa shape index (κ3) is 5.28. The zero-order valence-corrected chi connectivity index (χ0v) is 15.6. The van der Waals surface area contributed by atoms with E-state index in [1.807, 2.05) is 36.4 Å². The fourth-order valence-corrected chi connectivity index (χ4v) is 2.76. The van der Waals surface area contributed by atoms with Crippen molar-refractivity contribution in [2.75, 3.05) is 17.3 Å². The van der Waals surface area contributed by atoms with Gasteiger partial charge in [-0.15, -0.1) is 0 Å². The summed E-state index contributed by atoms with van der Waals surface area (Å²) in [6.45, 7) is 0.00942. The second-order valence-corrected chi connectivity index (χ2v) is 6.31. The molecule has 1 amide bonds. The number of alkyl halides is 3. The lowest BCUT2D eigenvalue weighted by Gasteiger charge is -2.23. The van der Waals surface area contributed by atoms with Gasteiger partial charge < -0.3 is 9.64 Å². The van der Waals surface area contributed by atoms with Crippen molar-refractivity contribution in [2.24, 2.45) is 0 Å². The molecule has 0 aromatic heterocycles. The Morgan fingerprint density at radius 2 is 1.59 bits per heavy atom. The number of ether oxygens (including phenoxy) is 1. The van der Waals surface area contributed by atoms with E-state index in [1.165, 1.54) is 6.07 Å². The molecule has 3 rings (SSSR count). The smallest absolute Gasteiger partial charge is 0.416 e. The van der Waals surface area contributed by atoms with Gasteiger partial charge in [0.25, 0.3) is 0 Å². The number of amides is 1. The Hall–Kier alpha value is -3.48. The van der Waals surface area contributed by atoms with Crippen LogP contribution in [0.1, 0.15) is 11.1 Å². The number of nitrogens with one attached hydrogen (secondary N) is 1. The number of carbonyl (C=O) groups is 1. The van der Waals surface area contributed by atoms with Crippen molar-refractivity contribution in [1.29, 1.82) is 0 Å². The summed E-state index contributed by atoms with van der Waals surface area (Å²) in [6, 6.07) is 21.3. The molecule has 0 aliphatic heterocycles. The Balaban J connectivity index is 1.84. The van der Waals surface area contributed by atoms with E-state index in [9.17, 15) is 18.0 Å². The van der Waals surface area contributed by atoms with Gasteiger partial charge in [-0.25, -0.2) is 4.79 Å². The summed E-state index contributed by atoms with van der Waals surface area (Å²) in [7, 11) is 1.71. The average molecular weight is 400 g/mol. The van der Waals surface area contributed by atoms with Crippen LogP contribution in [0.25, 0.3) is 0 Å². The molecule has 4 nitrogen and oxygen atoms in total. The van der Waals surface area contributed by atoms with Crippen LogP contribution >= 0.6 is 0 Å². The number of hydrogen-bond acceptors (Lipinski definition) is 3. The molecule has 150 valence electrons. The van der Waals surface area contributed by atoms with Crippen LogP contribution in [0.2, 0.25) is 0 Å². The summed E-state index contributed by atoms with van der Waals surface area (Å²) in [5.41, 5.74) is 1.08. The molecular formula is C22H19F3N2O2. The number of para-hydroxylation sites is 1. The highest BCUT2D eigenvalue weighted by Crippen LogP contribution is 2.37. The first-order chi connectivity index (χ1) is 13.8. The summed E-state index contributed by atoms with van der Waals surface area (Å²) in [4.78, 5) is 13.9. The minimum Gasteiger partial charge on any atom is -0.444 e. The SMILES string of the molecule is CN(c1ccccc1)c1ccc(C(F)(F)F)cc1NC(=O)OCc1ccccc1. The zero-order valence-electron chi connectivity index (χ0n) is 15.6. The molecule has 29 heavy (non-hydrogen) atoms. The Morgan fingerprint density at radius 1 is 0.966 bits per heavy atom. The molecule has 0 atom stereocenters. The van der Waals surface area contributed by atoms with Crippen LogP contribution in [0, 0.1) is 0 Å². The first-order valence-electron chi connectivity index (χ1n) is 8.82. The summed E-state index contributed by atoms with van der Waals surface area (Å²) < 4.78 is 44.7. The molecule has 0 aliphatic rings. The maximum atomic E-state index is 13.2. The van der Waals surface area contributed by atoms with Crippen LogP contribution in [-0.2, 0) is 17.5 Å². The summed E-state index contributed by atoms with van der Waals surface area (Å²) in [5, 5.41) is 2.44. The summed E-state index contributed by atoms with van der Waals surface area (Å²) in [5.74, 6) is 0. The van der Waals surface area contributed by atoms with E-state index < -0.39 is 17.8 Å². The van der Waals surface area contributed by atoms with Crippen molar-refractivity contribution in [3.8, 4) is 0 Å². The van der Waals surface area contributed by atoms with Crippen LogP contribution in [-0.4, -0.2) is 13.1 Å². The third-order valence-electron chi connectivity index (χ3n) is 4.28. The van der Waals surface area contributed by atoms with E-state index in [0.717, 1.165) is 23.4 Å². The van der Waals surface area contributed by atoms with Gasteiger partial charge in [0.2, 0.25) is 0 Å². The average Bonchev–Trinajstić information content (AvgIpc) is 2.72. The maximum absolute atomic E-state index is 13.2. The van der Waals surface area contributed by atoms with Gasteiger partial charge in [-0.3, -0.25) is 5.32 Å². The number of halogens is 3. The molecule has 3 aromatic rings. The minimum absolute atomic E-state index is 0.00393. The van der Waals surface area contributed by atoms with Gasteiger partial charge >= 0.3 is 12.3 Å². The van der Waals surface area contributed by atoms with Crippen LogP contribution in [0.15, 0.2) is 78.9 Å². The highest BCUT2D eigenvalue weighted by Gasteiger charge is 2.31. The third-order valence-corrected chi connectivity index (χ3v) is 4.28. The number of nitrogens with zero attached hydrogens (tertiary/aromatic N) is 1. The number of rotatable bonds is 5. The molecule has 0 radical (unpaired) electrons. The molecule has 7 heteroatoms. The van der Waals surface area contributed by atoms with Crippen LogP contribution in [0.5, 0.6) is 0 Å². The zero-order chi connectivity index (χ0) is 20.9. The summed E-state index contributed by atoms with van der Waals surface area (Å²) >= 11 is 0. The topological polar surface area (TPSA) is 41.6 Å². The van der Waals surface area contributed by atoms with Gasteiger partial charge in [-0.2, -0.15) is 13.2 Å². The van der Waals surface area contributed by atoms with Crippen molar-refractivity contribution in [3.05, 3.63) is 90.0 Å². The van der Waals surface area contributed by atoms with Crippen molar-refractivity contribution in [2.45, 2.75) is 12.8 Å². The molecule has 0 saturated carbocycles. The molecule has 0 heterocycles. The molecule has 3 aromatic carbocycles. The highest BCUT2D eigenvalue weighted by atomic mass is 19.4. The molecule has 0 unspecified atom stereocenters. The van der Waals surface area contributed by atoms with Gasteiger partial charge in [0.15, 0.2) is 0 Å². The number of hydrogen-bond donors (Lipinski definition) is 1. The lowest BCUT2D eigenvalue weighted by molar-refractivity contribution is -0.137. The fraction of sp³-hybridized carbons (Fsp3) is 0.136. The quantitative estimate of drug-likeness (QED) is 0.553. The van der Waals surface area contributed by atoms with E-state index in [-0.39, 0.29) is 12.3 Å². The van der Waals surface area contributed by atoms with Crippen molar-refractivity contribution in [1.82, 2.24) is 0 Å². The van der Waals surface area contributed by atoms with Crippen LogP contribution in [0.4, 0.5) is 35.0 Å². The van der Waals surface area contributed by atoms with Crippen molar-refractivity contribution in [3.63, 3.8) is 0 Å². The fourth-order valence-electron chi connectivity index (χ4n) is 2.76. The monoisotopic (exact) mass is 400 g/mol. The Labute approximate surface area is 166 Å². The number of anilines is 3. The van der Waals surface area contributed by atoms with Gasteiger partial charge in [0.05, 0.1) is 16.9 Å². The lowest BCUT2D eigenvalue weighted by atomic mass is 10.1. The molecule has 0 spiro atoms. The molecular weight excluding hydrogens is 381 g/mol. The molecule has 0 fully saturated rings. The van der Waals surface area contributed by atoms with E-state index in [0.29, 0.717) is 5.69 Å². The van der Waals surface area contributed by atoms with Crippen molar-refractivity contribution >= 4 is 23.2 Å². The van der Waals surface area contributed by atoms with E-state index in [4.69, 9.17) is 4.74 Å². The Morgan fingerprint density at radius 3 is 2.21 bits per heavy atom. The van der Waals surface area contributed by atoms with Gasteiger partial charge in [0.1, 0.15) is 6.61 Å². The summed E-state index contributed by atoms with van der Waals surface area (Å²) in [6.07, 6.45) is -5.37. The van der Waals surface area contributed by atoms with Crippen LogP contribution < -0.4 is 10.2 Å². The Bertz CT molecular complexity index is 961. The second kappa shape index (κ2) is 8.68. The van der Waals surface area contributed by atoms with Gasteiger partial charge in [0, 0.05) is 12.7 Å². The van der Waals surface area contributed by atoms with Crippen LogP contribution in [0.3, 0.4) is 0 Å². The van der Waals surface area contributed by atoms with Gasteiger partial charge in [-0.05, 0) is 35.9 Å².